The number of halogens is 1. The number of guanidine groups is 1. The van der Waals surface area contributed by atoms with Gasteiger partial charge in [-0.15, -0.1) is 24.0 Å². The third-order valence-electron chi connectivity index (χ3n) is 4.23. The predicted molar refractivity (Wildman–Crippen MR) is 127 cm³/mol. The van der Waals surface area contributed by atoms with Crippen LogP contribution < -0.4 is 15.4 Å². The molecule has 0 bridgehead atoms. The molecule has 0 radical (unpaired) electrons. The van der Waals surface area contributed by atoms with Crippen molar-refractivity contribution in [1.29, 1.82) is 0 Å². The number of rotatable bonds is 13. The van der Waals surface area contributed by atoms with Crippen LogP contribution in [0.2, 0.25) is 0 Å². The molecule has 0 saturated heterocycles. The van der Waals surface area contributed by atoms with Crippen LogP contribution in [0.5, 0.6) is 5.75 Å². The van der Waals surface area contributed by atoms with Crippen LogP contribution in [0.25, 0.3) is 0 Å². The highest BCUT2D eigenvalue weighted by molar-refractivity contribution is 14.0. The number of ether oxygens (including phenoxy) is 2. The molecular weight excluding hydrogens is 469 g/mol. The highest BCUT2D eigenvalue weighted by Crippen LogP contribution is 2.18. The van der Waals surface area contributed by atoms with E-state index in [4.69, 9.17) is 9.47 Å². The number of aliphatic imine (C=N–C) groups is 1. The van der Waals surface area contributed by atoms with E-state index in [9.17, 15) is 5.11 Å². The van der Waals surface area contributed by atoms with Crippen molar-refractivity contribution < 1.29 is 14.6 Å². The first-order chi connectivity index (χ1) is 13.1. The van der Waals surface area contributed by atoms with E-state index in [1.807, 2.05) is 31.2 Å². The smallest absolute Gasteiger partial charge is 0.191 e. The van der Waals surface area contributed by atoms with Gasteiger partial charge < -0.3 is 25.2 Å². The van der Waals surface area contributed by atoms with E-state index in [0.717, 1.165) is 43.5 Å². The quantitative estimate of drug-likeness (QED) is 0.164. The van der Waals surface area contributed by atoms with Gasteiger partial charge in [-0.3, -0.25) is 0 Å². The summed E-state index contributed by atoms with van der Waals surface area (Å²) in [4.78, 5) is 4.65. The standard InChI is InChI=1S/C21H37N3O3.HI/c1-5-11-21(25,12-6-2)17-24-20(22-7-3)23-16-18-9-8-10-19(15-18)27-14-13-26-4;/h8-10,15,25H,5-7,11-14,16-17H2,1-4H3,(H2,22,23,24);1H. The molecule has 3 N–H and O–H groups in total. The zero-order valence-corrected chi connectivity index (χ0v) is 20.1. The molecule has 0 unspecified atom stereocenters. The van der Waals surface area contributed by atoms with Gasteiger partial charge in [0.05, 0.1) is 18.8 Å². The Morgan fingerprint density at radius 1 is 1.11 bits per heavy atom. The number of nitrogens with one attached hydrogen (secondary N) is 2. The summed E-state index contributed by atoms with van der Waals surface area (Å²) in [5.74, 6) is 1.53. The van der Waals surface area contributed by atoms with Crippen LogP contribution in [-0.4, -0.2) is 50.1 Å². The van der Waals surface area contributed by atoms with Crippen LogP contribution in [0.4, 0.5) is 0 Å². The Balaban J connectivity index is 0.00000729. The van der Waals surface area contributed by atoms with Crippen LogP contribution >= 0.6 is 24.0 Å². The highest BCUT2D eigenvalue weighted by Gasteiger charge is 2.24. The fraction of sp³-hybridized carbons (Fsp3) is 0.667. The first-order valence-electron chi connectivity index (χ1n) is 10.0. The highest BCUT2D eigenvalue weighted by atomic mass is 127. The molecule has 28 heavy (non-hydrogen) atoms. The van der Waals surface area contributed by atoms with Gasteiger partial charge in [-0.05, 0) is 37.5 Å². The maximum Gasteiger partial charge on any atom is 0.191 e. The second kappa shape index (κ2) is 15.8. The minimum absolute atomic E-state index is 0. The maximum absolute atomic E-state index is 10.8. The van der Waals surface area contributed by atoms with Gasteiger partial charge in [0, 0.05) is 20.2 Å². The van der Waals surface area contributed by atoms with Crippen molar-refractivity contribution in [1.82, 2.24) is 10.6 Å². The van der Waals surface area contributed by atoms with E-state index in [-0.39, 0.29) is 24.0 Å². The van der Waals surface area contributed by atoms with Crippen LogP contribution in [-0.2, 0) is 11.3 Å². The summed E-state index contributed by atoms with van der Waals surface area (Å²) in [6.07, 6.45) is 3.49. The summed E-state index contributed by atoms with van der Waals surface area (Å²) < 4.78 is 10.7. The minimum Gasteiger partial charge on any atom is -0.491 e. The second-order valence-corrected chi connectivity index (χ2v) is 6.76. The Hall–Kier alpha value is -1.06. The van der Waals surface area contributed by atoms with Gasteiger partial charge in [0.25, 0.3) is 0 Å². The molecule has 0 fully saturated rings. The molecule has 1 rings (SSSR count). The first kappa shape index (κ1) is 26.9. The zero-order valence-electron chi connectivity index (χ0n) is 17.8. The minimum atomic E-state index is -0.686. The first-order valence-corrected chi connectivity index (χ1v) is 10.0. The Bertz CT molecular complexity index is 549. The number of hydrogen-bond acceptors (Lipinski definition) is 4. The Kier molecular flexibility index (Phi) is 15.2. The van der Waals surface area contributed by atoms with E-state index in [2.05, 4.69) is 29.5 Å². The van der Waals surface area contributed by atoms with Crippen molar-refractivity contribution in [2.75, 3.05) is 33.4 Å². The lowest BCUT2D eigenvalue weighted by molar-refractivity contribution is 0.0257. The molecule has 1 aromatic carbocycles. The number of aliphatic hydroxyl groups is 1. The number of nitrogens with zero attached hydrogens (tertiary/aromatic N) is 1. The molecule has 0 atom stereocenters. The van der Waals surface area contributed by atoms with Gasteiger partial charge in [0.15, 0.2) is 5.96 Å². The van der Waals surface area contributed by atoms with Crippen molar-refractivity contribution in [2.24, 2.45) is 4.99 Å². The van der Waals surface area contributed by atoms with Crippen LogP contribution in [0, 0.1) is 0 Å². The van der Waals surface area contributed by atoms with Crippen LogP contribution in [0.15, 0.2) is 29.3 Å². The maximum atomic E-state index is 10.8. The summed E-state index contributed by atoms with van der Waals surface area (Å²) in [5.41, 5.74) is 0.383. The summed E-state index contributed by atoms with van der Waals surface area (Å²) >= 11 is 0. The van der Waals surface area contributed by atoms with Gasteiger partial charge in [-0.1, -0.05) is 38.8 Å². The van der Waals surface area contributed by atoms with Gasteiger partial charge >= 0.3 is 0 Å². The number of methoxy groups -OCH3 is 1. The van der Waals surface area contributed by atoms with E-state index in [1.165, 1.54) is 0 Å². The summed E-state index contributed by atoms with van der Waals surface area (Å²) in [6.45, 7) is 9.13. The Labute approximate surface area is 187 Å². The molecular formula is C21H38IN3O3. The molecule has 0 saturated carbocycles. The molecule has 1 aromatic rings. The summed E-state index contributed by atoms with van der Waals surface area (Å²) in [5, 5.41) is 17.3. The van der Waals surface area contributed by atoms with Gasteiger partial charge in [-0.2, -0.15) is 0 Å². The average molecular weight is 507 g/mol. The fourth-order valence-corrected chi connectivity index (χ4v) is 2.97. The van der Waals surface area contributed by atoms with Crippen molar-refractivity contribution in [3.63, 3.8) is 0 Å². The molecule has 0 aliphatic heterocycles. The summed E-state index contributed by atoms with van der Waals surface area (Å²) in [7, 11) is 1.66. The third-order valence-corrected chi connectivity index (χ3v) is 4.23. The third kappa shape index (κ3) is 11.1. The second-order valence-electron chi connectivity index (χ2n) is 6.76. The molecule has 7 heteroatoms. The molecule has 162 valence electrons. The monoisotopic (exact) mass is 507 g/mol. The van der Waals surface area contributed by atoms with E-state index in [1.54, 1.807) is 7.11 Å². The zero-order chi connectivity index (χ0) is 20.0. The largest absolute Gasteiger partial charge is 0.491 e. The Morgan fingerprint density at radius 2 is 1.82 bits per heavy atom. The number of benzene rings is 1. The Morgan fingerprint density at radius 3 is 2.43 bits per heavy atom. The van der Waals surface area contributed by atoms with Crippen LogP contribution in [0.3, 0.4) is 0 Å². The lowest BCUT2D eigenvalue weighted by Gasteiger charge is -2.28. The molecule has 0 aliphatic rings. The van der Waals surface area contributed by atoms with Gasteiger partial charge in [-0.25, -0.2) is 4.99 Å². The molecule has 0 amide bonds. The molecule has 0 heterocycles. The number of hydrogen-bond donors (Lipinski definition) is 3. The molecule has 0 aromatic heterocycles. The molecule has 0 spiro atoms. The van der Waals surface area contributed by atoms with Crippen molar-refractivity contribution >= 4 is 29.9 Å². The predicted octanol–water partition coefficient (Wildman–Crippen LogP) is 3.72. The van der Waals surface area contributed by atoms with E-state index >= 15 is 0 Å². The normalized spacial score (nSPS) is 11.7. The molecule has 0 aliphatic carbocycles. The van der Waals surface area contributed by atoms with Gasteiger partial charge in [0.2, 0.25) is 0 Å². The van der Waals surface area contributed by atoms with Crippen molar-refractivity contribution in [3.8, 4) is 5.75 Å². The average Bonchev–Trinajstić information content (AvgIpc) is 2.65. The van der Waals surface area contributed by atoms with Crippen molar-refractivity contribution in [3.05, 3.63) is 29.8 Å². The van der Waals surface area contributed by atoms with Crippen LogP contribution in [0.1, 0.15) is 52.0 Å². The topological polar surface area (TPSA) is 75.1 Å². The summed E-state index contributed by atoms with van der Waals surface area (Å²) in [6, 6.07) is 7.92. The van der Waals surface area contributed by atoms with Gasteiger partial charge in [0.1, 0.15) is 12.4 Å². The fourth-order valence-electron chi connectivity index (χ4n) is 2.97. The lowest BCUT2D eigenvalue weighted by atomic mass is 9.93. The van der Waals surface area contributed by atoms with Crippen molar-refractivity contribution in [2.45, 2.75) is 58.6 Å². The SMILES string of the molecule is CCCC(O)(CCC)CNC(=NCc1cccc(OCCOC)c1)NCC.I. The van der Waals surface area contributed by atoms with E-state index in [0.29, 0.717) is 32.3 Å². The lowest BCUT2D eigenvalue weighted by Crippen LogP contribution is -2.47. The molecule has 6 nitrogen and oxygen atoms in total. The van der Waals surface area contributed by atoms with E-state index < -0.39 is 5.60 Å².